The normalized spacial score (nSPS) is 16.5. The van der Waals surface area contributed by atoms with Crippen LogP contribution in [0.1, 0.15) is 40.7 Å². The van der Waals surface area contributed by atoms with Crippen molar-refractivity contribution in [2.75, 3.05) is 6.54 Å². The Morgan fingerprint density at radius 1 is 1.05 bits per heavy atom. The van der Waals surface area contributed by atoms with E-state index in [-0.39, 0.29) is 18.3 Å². The maximum Gasteiger partial charge on any atom is 0.123 e. The number of aliphatic hydroxyl groups excluding tert-OH is 1. The van der Waals surface area contributed by atoms with Gasteiger partial charge in [0.1, 0.15) is 5.82 Å². The predicted molar refractivity (Wildman–Crippen MR) is 81.6 cm³/mol. The van der Waals surface area contributed by atoms with Gasteiger partial charge in [0, 0.05) is 12.5 Å². The molecule has 110 valence electrons. The molecule has 0 aromatic heterocycles. The van der Waals surface area contributed by atoms with Gasteiger partial charge < -0.3 is 10.8 Å². The van der Waals surface area contributed by atoms with E-state index in [4.69, 9.17) is 5.73 Å². The fourth-order valence-electron chi connectivity index (χ4n) is 3.19. The zero-order chi connectivity index (χ0) is 14.8. The Kier molecular flexibility index (Phi) is 4.04. The first-order valence-electron chi connectivity index (χ1n) is 7.44. The minimum atomic E-state index is -0.706. The Hall–Kier alpha value is -1.71. The molecule has 3 rings (SSSR count). The Morgan fingerprint density at radius 3 is 2.62 bits per heavy atom. The molecule has 1 aliphatic rings. The summed E-state index contributed by atoms with van der Waals surface area (Å²) in [5.74, 6) is -0.591. The summed E-state index contributed by atoms with van der Waals surface area (Å²) in [6.07, 6.45) is 2.67. The van der Waals surface area contributed by atoms with Crippen LogP contribution in [-0.2, 0) is 12.8 Å². The van der Waals surface area contributed by atoms with E-state index in [1.54, 1.807) is 6.07 Å². The SMILES string of the molecule is NCC(c1cccc(F)c1)C(O)c1ccc2c(c1)CCC2. The van der Waals surface area contributed by atoms with Gasteiger partial charge in [-0.05, 0) is 53.6 Å². The van der Waals surface area contributed by atoms with Crippen molar-refractivity contribution in [1.82, 2.24) is 0 Å². The largest absolute Gasteiger partial charge is 0.388 e. The van der Waals surface area contributed by atoms with E-state index in [0.717, 1.165) is 24.0 Å². The van der Waals surface area contributed by atoms with Crippen LogP contribution in [0.15, 0.2) is 42.5 Å². The predicted octanol–water partition coefficient (Wildman–Crippen LogP) is 3.09. The molecule has 0 saturated carbocycles. The molecule has 3 heteroatoms. The summed E-state index contributed by atoms with van der Waals surface area (Å²) < 4.78 is 13.4. The molecular formula is C18H20FNO. The third kappa shape index (κ3) is 2.85. The van der Waals surface area contributed by atoms with Crippen molar-refractivity contribution in [3.05, 3.63) is 70.5 Å². The molecule has 2 aromatic carbocycles. The molecule has 0 saturated heterocycles. The molecule has 0 radical (unpaired) electrons. The van der Waals surface area contributed by atoms with Crippen LogP contribution in [-0.4, -0.2) is 11.7 Å². The summed E-state index contributed by atoms with van der Waals surface area (Å²) in [7, 11) is 0. The Labute approximate surface area is 124 Å². The highest BCUT2D eigenvalue weighted by molar-refractivity contribution is 5.37. The Morgan fingerprint density at radius 2 is 1.86 bits per heavy atom. The molecular weight excluding hydrogens is 265 g/mol. The van der Waals surface area contributed by atoms with Gasteiger partial charge in [0.2, 0.25) is 0 Å². The van der Waals surface area contributed by atoms with Crippen LogP contribution in [0, 0.1) is 5.82 Å². The van der Waals surface area contributed by atoms with Crippen LogP contribution in [0.2, 0.25) is 0 Å². The van der Waals surface area contributed by atoms with E-state index in [1.165, 1.54) is 29.7 Å². The third-order valence-electron chi connectivity index (χ3n) is 4.38. The van der Waals surface area contributed by atoms with Crippen LogP contribution in [0.5, 0.6) is 0 Å². The quantitative estimate of drug-likeness (QED) is 0.906. The van der Waals surface area contributed by atoms with Crippen molar-refractivity contribution in [2.24, 2.45) is 5.73 Å². The van der Waals surface area contributed by atoms with Crippen molar-refractivity contribution >= 4 is 0 Å². The van der Waals surface area contributed by atoms with Gasteiger partial charge in [0.05, 0.1) is 6.10 Å². The molecule has 21 heavy (non-hydrogen) atoms. The number of hydrogen-bond donors (Lipinski definition) is 2. The van der Waals surface area contributed by atoms with E-state index in [2.05, 4.69) is 12.1 Å². The molecule has 0 spiro atoms. The summed E-state index contributed by atoms with van der Waals surface area (Å²) in [6, 6.07) is 12.5. The Bertz CT molecular complexity index is 641. The first-order valence-corrected chi connectivity index (χ1v) is 7.44. The van der Waals surface area contributed by atoms with Crippen LogP contribution >= 0.6 is 0 Å². The lowest BCUT2D eigenvalue weighted by Crippen LogP contribution is -2.20. The van der Waals surface area contributed by atoms with Crippen molar-refractivity contribution in [2.45, 2.75) is 31.3 Å². The lowest BCUT2D eigenvalue weighted by Gasteiger charge is -2.23. The van der Waals surface area contributed by atoms with Gasteiger partial charge in [-0.2, -0.15) is 0 Å². The number of nitrogens with two attached hydrogens (primary N) is 1. The van der Waals surface area contributed by atoms with Gasteiger partial charge in [-0.1, -0.05) is 30.3 Å². The summed E-state index contributed by atoms with van der Waals surface area (Å²) in [4.78, 5) is 0. The average Bonchev–Trinajstić information content (AvgIpc) is 2.95. The minimum absolute atomic E-state index is 0.279. The van der Waals surface area contributed by atoms with E-state index in [1.807, 2.05) is 12.1 Å². The fraction of sp³-hybridized carbons (Fsp3) is 0.333. The highest BCUT2D eigenvalue weighted by Gasteiger charge is 2.23. The van der Waals surface area contributed by atoms with Gasteiger partial charge in [0.15, 0.2) is 0 Å². The van der Waals surface area contributed by atoms with Crippen LogP contribution in [0.4, 0.5) is 4.39 Å². The van der Waals surface area contributed by atoms with Gasteiger partial charge in [-0.15, -0.1) is 0 Å². The molecule has 2 unspecified atom stereocenters. The smallest absolute Gasteiger partial charge is 0.123 e. The van der Waals surface area contributed by atoms with E-state index >= 15 is 0 Å². The maximum absolute atomic E-state index is 13.4. The number of fused-ring (bicyclic) bond motifs is 1. The van der Waals surface area contributed by atoms with Crippen molar-refractivity contribution in [3.63, 3.8) is 0 Å². The number of hydrogen-bond acceptors (Lipinski definition) is 2. The van der Waals surface area contributed by atoms with Gasteiger partial charge >= 0.3 is 0 Å². The van der Waals surface area contributed by atoms with Crippen LogP contribution in [0.3, 0.4) is 0 Å². The van der Waals surface area contributed by atoms with Gasteiger partial charge in [0.25, 0.3) is 0 Å². The molecule has 3 N–H and O–H groups in total. The lowest BCUT2D eigenvalue weighted by molar-refractivity contribution is 0.147. The van der Waals surface area contributed by atoms with Crippen LogP contribution < -0.4 is 5.73 Å². The van der Waals surface area contributed by atoms with Gasteiger partial charge in [-0.3, -0.25) is 0 Å². The molecule has 2 aromatic rings. The lowest BCUT2D eigenvalue weighted by atomic mass is 9.88. The first kappa shape index (κ1) is 14.2. The summed E-state index contributed by atoms with van der Waals surface area (Å²) in [5.41, 5.74) is 10.1. The molecule has 2 atom stereocenters. The van der Waals surface area contributed by atoms with E-state index in [0.29, 0.717) is 0 Å². The molecule has 1 aliphatic carbocycles. The van der Waals surface area contributed by atoms with Crippen molar-refractivity contribution < 1.29 is 9.50 Å². The zero-order valence-electron chi connectivity index (χ0n) is 11.9. The van der Waals surface area contributed by atoms with Gasteiger partial charge in [-0.25, -0.2) is 4.39 Å². The van der Waals surface area contributed by atoms with E-state index < -0.39 is 6.10 Å². The fourth-order valence-corrected chi connectivity index (χ4v) is 3.19. The second-order valence-electron chi connectivity index (χ2n) is 5.72. The number of aliphatic hydroxyl groups is 1. The number of aryl methyl sites for hydroxylation is 2. The molecule has 0 aliphatic heterocycles. The molecule has 0 bridgehead atoms. The van der Waals surface area contributed by atoms with Crippen molar-refractivity contribution in [1.29, 1.82) is 0 Å². The molecule has 0 amide bonds. The minimum Gasteiger partial charge on any atom is -0.388 e. The first-order chi connectivity index (χ1) is 10.2. The summed E-state index contributed by atoms with van der Waals surface area (Å²) >= 11 is 0. The number of rotatable bonds is 4. The monoisotopic (exact) mass is 285 g/mol. The zero-order valence-corrected chi connectivity index (χ0v) is 11.9. The summed E-state index contributed by atoms with van der Waals surface area (Å²) in [6.45, 7) is 0.279. The molecule has 2 nitrogen and oxygen atoms in total. The third-order valence-corrected chi connectivity index (χ3v) is 4.38. The average molecular weight is 285 g/mol. The standard InChI is InChI=1S/C18H20FNO/c19-16-6-2-5-14(10-16)17(11-20)18(21)15-8-7-12-3-1-4-13(12)9-15/h2,5-10,17-18,21H,1,3-4,11,20H2. The molecule has 0 fully saturated rings. The highest BCUT2D eigenvalue weighted by Crippen LogP contribution is 2.33. The Balaban J connectivity index is 1.90. The second kappa shape index (κ2) is 5.96. The maximum atomic E-state index is 13.4. The number of benzene rings is 2. The topological polar surface area (TPSA) is 46.2 Å². The van der Waals surface area contributed by atoms with Crippen molar-refractivity contribution in [3.8, 4) is 0 Å². The number of halogens is 1. The molecule has 0 heterocycles. The highest BCUT2D eigenvalue weighted by atomic mass is 19.1. The van der Waals surface area contributed by atoms with Crippen LogP contribution in [0.25, 0.3) is 0 Å². The second-order valence-corrected chi connectivity index (χ2v) is 5.72. The van der Waals surface area contributed by atoms with E-state index in [9.17, 15) is 9.50 Å². The summed E-state index contributed by atoms with van der Waals surface area (Å²) in [5, 5.41) is 10.7.